The molecule has 0 saturated heterocycles. The van der Waals surface area contributed by atoms with Gasteiger partial charge in [-0.15, -0.1) is 0 Å². The zero-order chi connectivity index (χ0) is 14.0. The molecule has 98 valence electrons. The van der Waals surface area contributed by atoms with Crippen LogP contribution in [0.2, 0.25) is 0 Å². The third-order valence-corrected chi connectivity index (χ3v) is 3.42. The number of hydrogen-bond donors (Lipinski definition) is 2. The van der Waals surface area contributed by atoms with E-state index in [4.69, 9.17) is 18.0 Å². The van der Waals surface area contributed by atoms with Crippen LogP contribution in [0.1, 0.15) is 11.1 Å². The van der Waals surface area contributed by atoms with E-state index in [0.29, 0.717) is 4.99 Å². The van der Waals surface area contributed by atoms with Crippen molar-refractivity contribution in [2.75, 3.05) is 5.32 Å². The maximum atomic E-state index is 13.1. The molecule has 0 fully saturated rings. The van der Waals surface area contributed by atoms with Gasteiger partial charge in [-0.25, -0.2) is 4.39 Å². The Hall–Kier alpha value is -1.46. The lowest BCUT2D eigenvalue weighted by Gasteiger charge is -2.13. The first-order valence-electron chi connectivity index (χ1n) is 5.60. The Bertz CT molecular complexity index is 643. The first-order chi connectivity index (χ1) is 8.97. The average Bonchev–Trinajstić information content (AvgIpc) is 2.34. The molecule has 19 heavy (non-hydrogen) atoms. The van der Waals surface area contributed by atoms with Crippen LogP contribution in [0.5, 0.6) is 0 Å². The van der Waals surface area contributed by atoms with Crippen LogP contribution in [0.3, 0.4) is 0 Å². The molecule has 0 amide bonds. The van der Waals surface area contributed by atoms with Crippen molar-refractivity contribution in [3.8, 4) is 0 Å². The number of halogens is 2. The summed E-state index contributed by atoms with van der Waals surface area (Å²) in [6, 6.07) is 10.2. The van der Waals surface area contributed by atoms with E-state index in [9.17, 15) is 4.39 Å². The van der Waals surface area contributed by atoms with Crippen molar-refractivity contribution in [2.24, 2.45) is 5.73 Å². The van der Waals surface area contributed by atoms with E-state index in [1.807, 2.05) is 25.1 Å². The molecule has 0 radical (unpaired) electrons. The third kappa shape index (κ3) is 3.30. The molecule has 2 nitrogen and oxygen atoms in total. The lowest BCUT2D eigenvalue weighted by molar-refractivity contribution is 0.627. The Morgan fingerprint density at radius 1 is 1.21 bits per heavy atom. The van der Waals surface area contributed by atoms with Gasteiger partial charge in [0.15, 0.2) is 0 Å². The number of thiocarbonyl (C=S) groups is 1. The van der Waals surface area contributed by atoms with Crippen molar-refractivity contribution in [3.63, 3.8) is 0 Å². The smallest absolute Gasteiger partial charge is 0.123 e. The van der Waals surface area contributed by atoms with Crippen molar-refractivity contribution < 1.29 is 4.39 Å². The highest BCUT2D eigenvalue weighted by molar-refractivity contribution is 9.10. The molecule has 0 bridgehead atoms. The van der Waals surface area contributed by atoms with Gasteiger partial charge in [-0.1, -0.05) is 28.1 Å². The highest BCUT2D eigenvalue weighted by Crippen LogP contribution is 2.26. The second-order valence-corrected chi connectivity index (χ2v) is 5.49. The van der Waals surface area contributed by atoms with Crippen LogP contribution in [0.25, 0.3) is 0 Å². The van der Waals surface area contributed by atoms with Crippen LogP contribution in [0.15, 0.2) is 40.9 Å². The molecule has 3 N–H and O–H groups in total. The molecule has 0 heterocycles. The van der Waals surface area contributed by atoms with E-state index in [0.717, 1.165) is 27.0 Å². The van der Waals surface area contributed by atoms with E-state index >= 15 is 0 Å². The molecular weight excluding hydrogens is 327 g/mol. The van der Waals surface area contributed by atoms with Crippen LogP contribution in [-0.2, 0) is 0 Å². The summed E-state index contributed by atoms with van der Waals surface area (Å²) in [7, 11) is 0. The number of nitrogens with one attached hydrogen (secondary N) is 1. The van der Waals surface area contributed by atoms with Gasteiger partial charge in [-0.3, -0.25) is 0 Å². The largest absolute Gasteiger partial charge is 0.389 e. The van der Waals surface area contributed by atoms with Crippen molar-refractivity contribution in [1.29, 1.82) is 0 Å². The number of anilines is 2. The molecule has 0 aliphatic heterocycles. The highest BCUT2D eigenvalue weighted by Gasteiger charge is 2.08. The van der Waals surface area contributed by atoms with E-state index in [2.05, 4.69) is 21.2 Å². The van der Waals surface area contributed by atoms with Crippen molar-refractivity contribution >= 4 is 44.5 Å². The van der Waals surface area contributed by atoms with Crippen molar-refractivity contribution in [2.45, 2.75) is 6.92 Å². The maximum Gasteiger partial charge on any atom is 0.123 e. The summed E-state index contributed by atoms with van der Waals surface area (Å²) in [6.07, 6.45) is 0. The number of nitrogens with two attached hydrogens (primary N) is 1. The Labute approximate surface area is 124 Å². The van der Waals surface area contributed by atoms with Crippen molar-refractivity contribution in [3.05, 3.63) is 57.8 Å². The number of rotatable bonds is 3. The van der Waals surface area contributed by atoms with Crippen LogP contribution < -0.4 is 11.1 Å². The lowest BCUT2D eigenvalue weighted by Crippen LogP contribution is -2.12. The monoisotopic (exact) mass is 338 g/mol. The minimum absolute atomic E-state index is 0.256. The first kappa shape index (κ1) is 14.0. The average molecular weight is 339 g/mol. The fourth-order valence-electron chi connectivity index (χ4n) is 1.74. The van der Waals surface area contributed by atoms with E-state index < -0.39 is 0 Å². The minimum atomic E-state index is -0.256. The van der Waals surface area contributed by atoms with E-state index in [1.165, 1.54) is 12.1 Å². The predicted octanol–water partition coefficient (Wildman–Crippen LogP) is 4.27. The van der Waals surface area contributed by atoms with Gasteiger partial charge in [-0.05, 0) is 48.9 Å². The SMILES string of the molecule is Cc1cc(F)ccc1Nc1ccc(Br)cc1C(N)=S. The summed E-state index contributed by atoms with van der Waals surface area (Å²) in [4.78, 5) is 0.309. The second-order valence-electron chi connectivity index (χ2n) is 4.14. The van der Waals surface area contributed by atoms with Crippen LogP contribution in [0.4, 0.5) is 15.8 Å². The molecule has 2 aromatic rings. The van der Waals surface area contributed by atoms with Crippen LogP contribution >= 0.6 is 28.1 Å². The topological polar surface area (TPSA) is 38.0 Å². The fraction of sp³-hybridized carbons (Fsp3) is 0.0714. The van der Waals surface area contributed by atoms with Gasteiger partial charge >= 0.3 is 0 Å². The quantitative estimate of drug-likeness (QED) is 0.820. The lowest BCUT2D eigenvalue weighted by atomic mass is 10.1. The molecule has 5 heteroatoms. The molecule has 2 rings (SSSR count). The normalized spacial score (nSPS) is 10.3. The molecular formula is C14H12BrFN2S. The van der Waals surface area contributed by atoms with Gasteiger partial charge in [0, 0.05) is 21.4 Å². The summed E-state index contributed by atoms with van der Waals surface area (Å²) in [5.41, 5.74) is 8.89. The number of benzene rings is 2. The fourth-order valence-corrected chi connectivity index (χ4v) is 2.27. The first-order valence-corrected chi connectivity index (χ1v) is 6.80. The summed E-state index contributed by atoms with van der Waals surface area (Å²) in [6.45, 7) is 1.84. The minimum Gasteiger partial charge on any atom is -0.389 e. The highest BCUT2D eigenvalue weighted by atomic mass is 79.9. The molecule has 0 saturated carbocycles. The molecule has 0 aliphatic rings. The molecule has 0 aliphatic carbocycles. The third-order valence-electron chi connectivity index (χ3n) is 2.70. The summed E-state index contributed by atoms with van der Waals surface area (Å²) >= 11 is 8.42. The predicted molar refractivity (Wildman–Crippen MR) is 84.4 cm³/mol. The summed E-state index contributed by atoms with van der Waals surface area (Å²) in [5.74, 6) is -0.256. The zero-order valence-corrected chi connectivity index (χ0v) is 12.6. The molecule has 0 atom stereocenters. The maximum absolute atomic E-state index is 13.1. The van der Waals surface area contributed by atoms with Crippen LogP contribution in [0, 0.1) is 12.7 Å². The number of aryl methyl sites for hydroxylation is 1. The summed E-state index contributed by atoms with van der Waals surface area (Å²) in [5, 5.41) is 3.22. The Morgan fingerprint density at radius 2 is 1.89 bits per heavy atom. The van der Waals surface area contributed by atoms with Gasteiger partial charge in [0.1, 0.15) is 10.8 Å². The summed E-state index contributed by atoms with van der Waals surface area (Å²) < 4.78 is 14.0. The van der Waals surface area contributed by atoms with Crippen LogP contribution in [-0.4, -0.2) is 4.99 Å². The number of hydrogen-bond acceptors (Lipinski definition) is 2. The van der Waals surface area contributed by atoms with Crippen molar-refractivity contribution in [1.82, 2.24) is 0 Å². The van der Waals surface area contributed by atoms with E-state index in [-0.39, 0.29) is 5.82 Å². The van der Waals surface area contributed by atoms with Gasteiger partial charge in [0.25, 0.3) is 0 Å². The zero-order valence-electron chi connectivity index (χ0n) is 10.2. The van der Waals surface area contributed by atoms with E-state index in [1.54, 1.807) is 6.07 Å². The Balaban J connectivity index is 2.40. The standard InChI is InChI=1S/C14H12BrFN2S/c1-8-6-10(16)3-5-12(8)18-13-4-2-9(15)7-11(13)14(17)19/h2-7,18H,1H3,(H2,17,19). The molecule has 2 aromatic carbocycles. The molecule has 0 aromatic heterocycles. The van der Waals surface area contributed by atoms with Gasteiger partial charge in [0.2, 0.25) is 0 Å². The second kappa shape index (κ2) is 5.67. The van der Waals surface area contributed by atoms with Gasteiger partial charge < -0.3 is 11.1 Å². The molecule has 0 unspecified atom stereocenters. The molecule has 0 spiro atoms. The Kier molecular flexibility index (Phi) is 4.17. The van der Waals surface area contributed by atoms with Gasteiger partial charge in [0.05, 0.1) is 0 Å². The van der Waals surface area contributed by atoms with Gasteiger partial charge in [-0.2, -0.15) is 0 Å². The Morgan fingerprint density at radius 3 is 2.53 bits per heavy atom.